The summed E-state index contributed by atoms with van der Waals surface area (Å²) in [5, 5.41) is 11.3. The van der Waals surface area contributed by atoms with Crippen LogP contribution in [0.25, 0.3) is 0 Å². The minimum atomic E-state index is -0.529. The van der Waals surface area contributed by atoms with Crippen molar-refractivity contribution in [2.45, 2.75) is 0 Å². The molecule has 0 bridgehead atoms. The number of hydrogen-bond acceptors (Lipinski definition) is 4. The lowest BCUT2D eigenvalue weighted by atomic mass is 10.2. The topological polar surface area (TPSA) is 72.7 Å². The van der Waals surface area contributed by atoms with Gasteiger partial charge in [0.05, 0.1) is 11.5 Å². The van der Waals surface area contributed by atoms with Crippen molar-refractivity contribution in [3.63, 3.8) is 0 Å². The van der Waals surface area contributed by atoms with E-state index in [-0.39, 0.29) is 23.8 Å². The molecule has 0 heterocycles. The van der Waals surface area contributed by atoms with Crippen LogP contribution in [-0.2, 0) is 0 Å². The molecule has 0 radical (unpaired) electrons. The third kappa shape index (κ3) is 4.69. The van der Waals surface area contributed by atoms with Gasteiger partial charge in [0.2, 0.25) is 0 Å². The van der Waals surface area contributed by atoms with Crippen LogP contribution in [0.15, 0.2) is 48.5 Å². The molecule has 0 aliphatic carbocycles. The number of hydrogen-bond donors (Lipinski definition) is 0. The fourth-order valence-corrected chi connectivity index (χ4v) is 2.11. The second-order valence-electron chi connectivity index (χ2n) is 4.84. The van der Waals surface area contributed by atoms with E-state index in [4.69, 9.17) is 16.3 Å². The predicted molar refractivity (Wildman–Crippen MR) is 87.0 cm³/mol. The van der Waals surface area contributed by atoms with Crippen LogP contribution in [-0.4, -0.2) is 35.9 Å². The molecule has 120 valence electrons. The number of benzene rings is 2. The molecule has 0 aliphatic rings. The van der Waals surface area contributed by atoms with Crippen molar-refractivity contribution in [3.8, 4) is 5.75 Å². The summed E-state index contributed by atoms with van der Waals surface area (Å²) >= 11 is 5.86. The van der Waals surface area contributed by atoms with Gasteiger partial charge >= 0.3 is 0 Å². The van der Waals surface area contributed by atoms with Gasteiger partial charge in [-0.1, -0.05) is 23.7 Å². The largest absolute Gasteiger partial charge is 0.492 e. The number of carbonyl (C=O) groups excluding carboxylic acids is 1. The molecule has 2 aromatic carbocycles. The number of likely N-dealkylation sites (N-methyl/N-ethyl adjacent to an activating group) is 1. The monoisotopic (exact) mass is 334 g/mol. The van der Waals surface area contributed by atoms with Gasteiger partial charge in [-0.05, 0) is 24.3 Å². The fraction of sp³-hybridized carbons (Fsp3) is 0.188. The molecule has 0 atom stereocenters. The van der Waals surface area contributed by atoms with Crippen LogP contribution in [0.3, 0.4) is 0 Å². The molecule has 0 saturated carbocycles. The van der Waals surface area contributed by atoms with Gasteiger partial charge in [0, 0.05) is 29.8 Å². The average molecular weight is 335 g/mol. The maximum atomic E-state index is 12.2. The van der Waals surface area contributed by atoms with Crippen LogP contribution < -0.4 is 4.74 Å². The molecule has 0 unspecified atom stereocenters. The van der Waals surface area contributed by atoms with Crippen molar-refractivity contribution in [2.75, 3.05) is 20.2 Å². The molecule has 7 heteroatoms. The van der Waals surface area contributed by atoms with Crippen LogP contribution >= 0.6 is 11.6 Å². The van der Waals surface area contributed by atoms with E-state index in [9.17, 15) is 14.9 Å². The van der Waals surface area contributed by atoms with Crippen molar-refractivity contribution in [3.05, 3.63) is 69.2 Å². The van der Waals surface area contributed by atoms with E-state index in [0.29, 0.717) is 17.3 Å². The standard InChI is InChI=1S/C16H15ClN2O4/c1-18(8-9-23-15-7-3-5-13(17)11-15)16(20)12-4-2-6-14(10-12)19(21)22/h2-7,10-11H,8-9H2,1H3. The van der Waals surface area contributed by atoms with E-state index in [2.05, 4.69) is 0 Å². The van der Waals surface area contributed by atoms with Gasteiger partial charge in [-0.25, -0.2) is 0 Å². The minimum Gasteiger partial charge on any atom is -0.492 e. The van der Waals surface area contributed by atoms with Gasteiger partial charge in [0.15, 0.2) is 0 Å². The summed E-state index contributed by atoms with van der Waals surface area (Å²) in [6, 6.07) is 12.6. The summed E-state index contributed by atoms with van der Waals surface area (Å²) in [6.45, 7) is 0.631. The maximum Gasteiger partial charge on any atom is 0.270 e. The zero-order valence-electron chi connectivity index (χ0n) is 12.4. The first-order valence-corrected chi connectivity index (χ1v) is 7.23. The Bertz CT molecular complexity index is 721. The SMILES string of the molecule is CN(CCOc1cccc(Cl)c1)C(=O)c1cccc([N+](=O)[O-])c1. The summed E-state index contributed by atoms with van der Waals surface area (Å²) in [4.78, 5) is 23.9. The van der Waals surface area contributed by atoms with Gasteiger partial charge in [-0.2, -0.15) is 0 Å². The summed E-state index contributed by atoms with van der Waals surface area (Å²) in [6.07, 6.45) is 0. The zero-order chi connectivity index (χ0) is 16.8. The Morgan fingerprint density at radius 3 is 2.70 bits per heavy atom. The lowest BCUT2D eigenvalue weighted by Gasteiger charge is -2.17. The summed E-state index contributed by atoms with van der Waals surface area (Å²) in [7, 11) is 1.61. The molecule has 2 rings (SSSR count). The second-order valence-corrected chi connectivity index (χ2v) is 5.28. The van der Waals surface area contributed by atoms with Crippen molar-refractivity contribution >= 4 is 23.2 Å². The lowest BCUT2D eigenvalue weighted by Crippen LogP contribution is -2.30. The molecule has 0 spiro atoms. The first kappa shape index (κ1) is 16.8. The molecule has 0 fully saturated rings. The zero-order valence-corrected chi connectivity index (χ0v) is 13.2. The number of nitrogens with zero attached hydrogens (tertiary/aromatic N) is 2. The summed E-state index contributed by atoms with van der Waals surface area (Å²) < 4.78 is 5.52. The van der Waals surface area contributed by atoms with E-state index in [0.717, 1.165) is 0 Å². The highest BCUT2D eigenvalue weighted by Gasteiger charge is 2.15. The van der Waals surface area contributed by atoms with Gasteiger partial charge in [0.25, 0.3) is 11.6 Å². The fourth-order valence-electron chi connectivity index (χ4n) is 1.93. The minimum absolute atomic E-state index is 0.112. The Labute approximate surface area is 138 Å². The first-order valence-electron chi connectivity index (χ1n) is 6.85. The Morgan fingerprint density at radius 2 is 2.00 bits per heavy atom. The molecule has 23 heavy (non-hydrogen) atoms. The normalized spacial score (nSPS) is 10.2. The molecule has 0 aromatic heterocycles. The average Bonchev–Trinajstić information content (AvgIpc) is 2.54. The Balaban J connectivity index is 1.92. The number of halogens is 1. The van der Waals surface area contributed by atoms with Crippen molar-refractivity contribution < 1.29 is 14.5 Å². The second kappa shape index (κ2) is 7.60. The Morgan fingerprint density at radius 1 is 1.26 bits per heavy atom. The summed E-state index contributed by atoms with van der Waals surface area (Å²) in [5.41, 5.74) is 0.156. The smallest absolute Gasteiger partial charge is 0.270 e. The van der Waals surface area contributed by atoms with E-state index in [1.807, 2.05) is 0 Å². The number of amides is 1. The van der Waals surface area contributed by atoms with Crippen LogP contribution in [0.1, 0.15) is 10.4 Å². The Hall–Kier alpha value is -2.60. The van der Waals surface area contributed by atoms with Crippen molar-refractivity contribution in [1.82, 2.24) is 4.90 Å². The van der Waals surface area contributed by atoms with Crippen molar-refractivity contribution in [2.24, 2.45) is 0 Å². The number of non-ortho nitro benzene ring substituents is 1. The number of nitro benzene ring substituents is 1. The molecule has 1 amide bonds. The van der Waals surface area contributed by atoms with E-state index in [1.54, 1.807) is 37.4 Å². The summed E-state index contributed by atoms with van der Waals surface area (Å²) in [5.74, 6) is 0.317. The number of carbonyl (C=O) groups is 1. The molecule has 0 aliphatic heterocycles. The predicted octanol–water partition coefficient (Wildman–Crippen LogP) is 3.40. The van der Waals surface area contributed by atoms with E-state index >= 15 is 0 Å². The molecular formula is C16H15ClN2O4. The van der Waals surface area contributed by atoms with Crippen LogP contribution in [0.2, 0.25) is 5.02 Å². The molecule has 0 N–H and O–H groups in total. The molecule has 0 saturated heterocycles. The van der Waals surface area contributed by atoms with Gasteiger partial charge in [-0.15, -0.1) is 0 Å². The highest BCUT2D eigenvalue weighted by Crippen LogP contribution is 2.17. The van der Waals surface area contributed by atoms with Gasteiger partial charge in [-0.3, -0.25) is 14.9 Å². The lowest BCUT2D eigenvalue weighted by molar-refractivity contribution is -0.384. The third-order valence-corrected chi connectivity index (χ3v) is 3.38. The molecule has 6 nitrogen and oxygen atoms in total. The van der Waals surface area contributed by atoms with Gasteiger partial charge in [0.1, 0.15) is 12.4 Å². The van der Waals surface area contributed by atoms with Crippen LogP contribution in [0.5, 0.6) is 5.75 Å². The number of nitro groups is 1. The first-order chi connectivity index (χ1) is 11.0. The van der Waals surface area contributed by atoms with E-state index in [1.165, 1.54) is 23.1 Å². The molecule has 2 aromatic rings. The highest BCUT2D eigenvalue weighted by molar-refractivity contribution is 6.30. The number of rotatable bonds is 6. The van der Waals surface area contributed by atoms with Crippen LogP contribution in [0.4, 0.5) is 5.69 Å². The van der Waals surface area contributed by atoms with Gasteiger partial charge < -0.3 is 9.64 Å². The highest BCUT2D eigenvalue weighted by atomic mass is 35.5. The van der Waals surface area contributed by atoms with E-state index < -0.39 is 4.92 Å². The maximum absolute atomic E-state index is 12.2. The quantitative estimate of drug-likeness (QED) is 0.599. The Kier molecular flexibility index (Phi) is 5.54. The molecular weight excluding hydrogens is 320 g/mol. The number of ether oxygens (including phenoxy) is 1. The van der Waals surface area contributed by atoms with Crippen LogP contribution in [0, 0.1) is 10.1 Å². The van der Waals surface area contributed by atoms with Crippen molar-refractivity contribution in [1.29, 1.82) is 0 Å². The third-order valence-electron chi connectivity index (χ3n) is 3.14.